The largest absolute Gasteiger partial charge is 0.334 e. The normalized spacial score (nSPS) is 33.9. The molecule has 1 aliphatic carbocycles. The van der Waals surface area contributed by atoms with Gasteiger partial charge in [-0.2, -0.15) is 0 Å². The lowest BCUT2D eigenvalue weighted by molar-refractivity contribution is -1.01. The molecule has 0 unspecified atom stereocenters. The highest BCUT2D eigenvalue weighted by Gasteiger charge is 2.51. The van der Waals surface area contributed by atoms with Gasteiger partial charge in [-0.1, -0.05) is 57.2 Å². The minimum atomic E-state index is 0.339. The Morgan fingerprint density at radius 2 is 1.76 bits per heavy atom. The maximum atomic E-state index is 13.1. The van der Waals surface area contributed by atoms with Gasteiger partial charge >= 0.3 is 0 Å². The molecule has 2 N–H and O–H groups in total. The fraction of sp³-hybridized carbons (Fsp3) is 0.640. The van der Waals surface area contributed by atoms with Crippen LogP contribution in [0.3, 0.4) is 0 Å². The minimum absolute atomic E-state index is 0.339. The van der Waals surface area contributed by atoms with Crippen LogP contribution in [-0.4, -0.2) is 62.7 Å². The fourth-order valence-electron chi connectivity index (χ4n) is 6.33. The summed E-state index contributed by atoms with van der Waals surface area (Å²) in [5.41, 5.74) is 1.99. The summed E-state index contributed by atoms with van der Waals surface area (Å²) in [4.78, 5) is 18.5. The van der Waals surface area contributed by atoms with E-state index in [0.717, 1.165) is 39.3 Å². The highest BCUT2D eigenvalue weighted by atomic mass is 16.2. The minimum Gasteiger partial charge on any atom is -0.334 e. The van der Waals surface area contributed by atoms with E-state index < -0.39 is 0 Å². The van der Waals surface area contributed by atoms with Crippen LogP contribution in [0.25, 0.3) is 6.08 Å². The van der Waals surface area contributed by atoms with Crippen molar-refractivity contribution in [2.75, 3.05) is 45.8 Å². The zero-order chi connectivity index (χ0) is 20.5. The molecule has 1 saturated carbocycles. The van der Waals surface area contributed by atoms with Gasteiger partial charge in [-0.05, 0) is 41.7 Å². The predicted octanol–water partition coefficient (Wildman–Crippen LogP) is 0.910. The number of likely N-dealkylation sites (tertiary alicyclic amines) is 1. The van der Waals surface area contributed by atoms with E-state index in [0.29, 0.717) is 29.3 Å². The third-order valence-corrected chi connectivity index (χ3v) is 7.32. The van der Waals surface area contributed by atoms with Crippen molar-refractivity contribution in [1.29, 1.82) is 0 Å². The number of fused-ring (bicyclic) bond motifs is 2. The van der Waals surface area contributed by atoms with Crippen LogP contribution in [0.2, 0.25) is 0 Å². The number of nitrogens with one attached hydrogen (secondary N) is 2. The van der Waals surface area contributed by atoms with Gasteiger partial charge in [0.1, 0.15) is 26.2 Å². The Kier molecular flexibility index (Phi) is 5.85. The summed E-state index contributed by atoms with van der Waals surface area (Å²) < 4.78 is 0. The Morgan fingerprint density at radius 1 is 1.07 bits per heavy atom. The highest BCUT2D eigenvalue weighted by Crippen LogP contribution is 2.52. The van der Waals surface area contributed by atoms with Gasteiger partial charge in [0.2, 0.25) is 0 Å². The van der Waals surface area contributed by atoms with Crippen LogP contribution in [0, 0.1) is 10.8 Å². The van der Waals surface area contributed by atoms with Crippen LogP contribution in [0.1, 0.15) is 45.6 Å². The van der Waals surface area contributed by atoms with Crippen molar-refractivity contribution < 1.29 is 14.6 Å². The first-order valence-electron chi connectivity index (χ1n) is 11.5. The van der Waals surface area contributed by atoms with E-state index in [1.54, 1.807) is 4.90 Å². The zero-order valence-electron chi connectivity index (χ0n) is 18.5. The molecular weight excluding hydrogens is 358 g/mol. The first kappa shape index (κ1) is 20.6. The van der Waals surface area contributed by atoms with Gasteiger partial charge < -0.3 is 14.7 Å². The van der Waals surface area contributed by atoms with Gasteiger partial charge in [0, 0.05) is 12.6 Å². The average Bonchev–Trinajstić information content (AvgIpc) is 2.93. The Morgan fingerprint density at radius 3 is 2.48 bits per heavy atom. The second-order valence-corrected chi connectivity index (χ2v) is 10.9. The first-order valence-corrected chi connectivity index (χ1v) is 11.5. The first-order chi connectivity index (χ1) is 13.8. The zero-order valence-corrected chi connectivity index (χ0v) is 18.5. The third kappa shape index (κ3) is 5.10. The molecule has 2 aliphatic heterocycles. The van der Waals surface area contributed by atoms with Crippen molar-refractivity contribution in [3.05, 3.63) is 42.0 Å². The summed E-state index contributed by atoms with van der Waals surface area (Å²) in [6.07, 6.45) is 8.17. The summed E-state index contributed by atoms with van der Waals surface area (Å²) >= 11 is 0. The Hall–Kier alpha value is -1.65. The van der Waals surface area contributed by atoms with Crippen LogP contribution < -0.4 is 9.80 Å². The van der Waals surface area contributed by atoms with Gasteiger partial charge in [0.25, 0.3) is 5.91 Å². The lowest BCUT2D eigenvalue weighted by Crippen LogP contribution is -3.28. The monoisotopic (exact) mass is 397 g/mol. The highest BCUT2D eigenvalue weighted by molar-refractivity contribution is 5.78. The average molecular weight is 398 g/mol. The number of carbonyl (C=O) groups is 1. The van der Waals surface area contributed by atoms with Crippen LogP contribution in [-0.2, 0) is 4.79 Å². The Balaban J connectivity index is 1.23. The molecular formula is C25H39N3O+2. The topological polar surface area (TPSA) is 29.2 Å². The summed E-state index contributed by atoms with van der Waals surface area (Å²) in [6.45, 7) is 14.5. The summed E-state index contributed by atoms with van der Waals surface area (Å²) in [7, 11) is 0. The van der Waals surface area contributed by atoms with Crippen LogP contribution in [0.5, 0.6) is 0 Å². The van der Waals surface area contributed by atoms with E-state index in [1.807, 2.05) is 0 Å². The van der Waals surface area contributed by atoms with Crippen LogP contribution >= 0.6 is 0 Å². The molecule has 2 heterocycles. The molecule has 29 heavy (non-hydrogen) atoms. The number of carbonyl (C=O) groups excluding carboxylic acids is 1. The maximum absolute atomic E-state index is 13.1. The van der Waals surface area contributed by atoms with Gasteiger partial charge in [-0.3, -0.25) is 4.79 Å². The number of nitrogens with zero attached hydrogens (tertiary/aromatic N) is 1. The lowest BCUT2D eigenvalue weighted by atomic mass is 9.65. The smallest absolute Gasteiger partial charge is 0.278 e. The summed E-state index contributed by atoms with van der Waals surface area (Å²) in [5, 5.41) is 0. The van der Waals surface area contributed by atoms with Crippen molar-refractivity contribution in [2.24, 2.45) is 10.8 Å². The van der Waals surface area contributed by atoms with E-state index in [9.17, 15) is 4.79 Å². The van der Waals surface area contributed by atoms with Gasteiger partial charge in [0.15, 0.2) is 6.54 Å². The quantitative estimate of drug-likeness (QED) is 0.760. The fourth-order valence-corrected chi connectivity index (χ4v) is 6.33. The number of amides is 1. The number of quaternary nitrogens is 2. The number of benzene rings is 1. The maximum Gasteiger partial charge on any atom is 0.278 e. The SMILES string of the molecule is CC1(C)C[C@H]2C[C@](C)(CN2C(=O)C[NH+]2CC[NH+](C/C=C/c3ccccc3)CC2)C1. The van der Waals surface area contributed by atoms with Crippen molar-refractivity contribution in [3.63, 3.8) is 0 Å². The molecule has 3 fully saturated rings. The van der Waals surface area contributed by atoms with E-state index in [1.165, 1.54) is 29.7 Å². The van der Waals surface area contributed by atoms with Crippen LogP contribution in [0.4, 0.5) is 0 Å². The van der Waals surface area contributed by atoms with Crippen molar-refractivity contribution >= 4 is 12.0 Å². The molecule has 4 rings (SSSR count). The molecule has 4 nitrogen and oxygen atoms in total. The number of hydrogen-bond acceptors (Lipinski definition) is 1. The summed E-state index contributed by atoms with van der Waals surface area (Å²) in [5.74, 6) is 0.402. The molecule has 4 heteroatoms. The summed E-state index contributed by atoms with van der Waals surface area (Å²) in [6, 6.07) is 11.0. The molecule has 158 valence electrons. The molecule has 0 spiro atoms. The Bertz CT molecular complexity index is 736. The second-order valence-electron chi connectivity index (χ2n) is 10.9. The molecule has 1 aromatic rings. The Labute approximate surface area is 176 Å². The van der Waals surface area contributed by atoms with Crippen molar-refractivity contribution in [3.8, 4) is 0 Å². The standard InChI is InChI=1S/C25H37N3O/c1-24(2)16-22-17-25(3,19-24)20-28(22)23(29)18-27-14-12-26(13-15-27)11-7-10-21-8-5-4-6-9-21/h4-10,22H,11-20H2,1-3H3/p+2/b10-7+/t22-,25-/m0/s1. The second kappa shape index (κ2) is 8.23. The van der Waals surface area contributed by atoms with E-state index in [2.05, 4.69) is 68.2 Å². The molecule has 2 bridgehead atoms. The molecule has 2 saturated heterocycles. The van der Waals surface area contributed by atoms with Gasteiger partial charge in [-0.15, -0.1) is 0 Å². The lowest BCUT2D eigenvalue weighted by Gasteiger charge is -2.39. The number of rotatable bonds is 5. The molecule has 1 amide bonds. The van der Waals surface area contributed by atoms with Crippen molar-refractivity contribution in [1.82, 2.24) is 4.90 Å². The molecule has 3 aliphatic rings. The van der Waals surface area contributed by atoms with E-state index in [-0.39, 0.29) is 0 Å². The van der Waals surface area contributed by atoms with Crippen LogP contribution in [0.15, 0.2) is 36.4 Å². The van der Waals surface area contributed by atoms with E-state index >= 15 is 0 Å². The molecule has 0 radical (unpaired) electrons. The molecule has 2 atom stereocenters. The van der Waals surface area contributed by atoms with E-state index in [4.69, 9.17) is 0 Å². The van der Waals surface area contributed by atoms with Crippen molar-refractivity contribution in [2.45, 2.75) is 46.1 Å². The van der Waals surface area contributed by atoms with Gasteiger partial charge in [-0.25, -0.2) is 0 Å². The number of piperazine rings is 1. The van der Waals surface area contributed by atoms with Gasteiger partial charge in [0.05, 0.1) is 6.54 Å². The molecule has 0 aromatic heterocycles. The third-order valence-electron chi connectivity index (χ3n) is 7.32. The predicted molar refractivity (Wildman–Crippen MR) is 118 cm³/mol. The molecule has 1 aromatic carbocycles. The number of hydrogen-bond donors (Lipinski definition) is 2.